The van der Waals surface area contributed by atoms with E-state index in [1.807, 2.05) is 32.0 Å². The summed E-state index contributed by atoms with van der Waals surface area (Å²) in [5.41, 5.74) is 3.73. The zero-order chi connectivity index (χ0) is 18.4. The first-order valence-electron chi connectivity index (χ1n) is 7.89. The number of hydrogen-bond acceptors (Lipinski definition) is 4. The zero-order valence-electron chi connectivity index (χ0n) is 15.2. The predicted molar refractivity (Wildman–Crippen MR) is 97.9 cm³/mol. The Morgan fingerprint density at radius 1 is 0.920 bits per heavy atom. The number of hydrogen-bond donors (Lipinski definition) is 2. The van der Waals surface area contributed by atoms with Gasteiger partial charge in [0, 0.05) is 17.8 Å². The smallest absolute Gasteiger partial charge is 0.319 e. The standard InChI is InChI=1S/C19H24N2O4/c1-12-8-13(2)10-15(9-12)21-19(22)20-11-14-6-7-16(23-3)18(25-5)17(14)24-4/h6-10H,11H2,1-5H3,(H2,20,21,22). The number of anilines is 1. The van der Waals surface area contributed by atoms with Crippen molar-refractivity contribution in [2.45, 2.75) is 20.4 Å². The molecule has 0 aliphatic carbocycles. The molecule has 0 saturated carbocycles. The van der Waals surface area contributed by atoms with E-state index >= 15 is 0 Å². The summed E-state index contributed by atoms with van der Waals surface area (Å²) in [4.78, 5) is 12.2. The van der Waals surface area contributed by atoms with E-state index in [1.54, 1.807) is 27.4 Å². The van der Waals surface area contributed by atoms with E-state index in [4.69, 9.17) is 14.2 Å². The number of ether oxygens (including phenoxy) is 3. The van der Waals surface area contributed by atoms with Crippen LogP contribution in [0.25, 0.3) is 0 Å². The molecule has 0 aliphatic heterocycles. The number of urea groups is 1. The molecule has 0 unspecified atom stereocenters. The fourth-order valence-corrected chi connectivity index (χ4v) is 2.70. The quantitative estimate of drug-likeness (QED) is 0.839. The highest BCUT2D eigenvalue weighted by Gasteiger charge is 2.16. The SMILES string of the molecule is COc1ccc(CNC(=O)Nc2cc(C)cc(C)c2)c(OC)c1OC. The molecule has 25 heavy (non-hydrogen) atoms. The Morgan fingerprint density at radius 3 is 2.12 bits per heavy atom. The minimum atomic E-state index is -0.290. The van der Waals surface area contributed by atoms with E-state index < -0.39 is 0 Å². The Labute approximate surface area is 148 Å². The summed E-state index contributed by atoms with van der Waals surface area (Å²) in [5.74, 6) is 1.61. The fourth-order valence-electron chi connectivity index (χ4n) is 2.70. The molecule has 0 aliphatic rings. The van der Waals surface area contributed by atoms with Crippen molar-refractivity contribution in [2.75, 3.05) is 26.6 Å². The van der Waals surface area contributed by atoms with Gasteiger partial charge in [0.05, 0.1) is 21.3 Å². The van der Waals surface area contributed by atoms with Crippen LogP contribution in [-0.4, -0.2) is 27.4 Å². The normalized spacial score (nSPS) is 10.1. The van der Waals surface area contributed by atoms with Crippen LogP contribution in [0, 0.1) is 13.8 Å². The monoisotopic (exact) mass is 344 g/mol. The molecule has 2 aromatic rings. The zero-order valence-corrected chi connectivity index (χ0v) is 15.2. The number of carbonyl (C=O) groups is 1. The Hall–Kier alpha value is -2.89. The second kappa shape index (κ2) is 8.28. The Kier molecular flexibility index (Phi) is 6.11. The van der Waals surface area contributed by atoms with Gasteiger partial charge in [0.1, 0.15) is 0 Å². The number of aryl methyl sites for hydroxylation is 2. The van der Waals surface area contributed by atoms with Crippen LogP contribution in [0.3, 0.4) is 0 Å². The van der Waals surface area contributed by atoms with Crippen molar-refractivity contribution >= 4 is 11.7 Å². The second-order valence-electron chi connectivity index (χ2n) is 5.68. The number of rotatable bonds is 6. The summed E-state index contributed by atoms with van der Waals surface area (Å²) in [7, 11) is 4.66. The molecule has 0 aromatic heterocycles. The molecule has 0 spiro atoms. The number of benzene rings is 2. The lowest BCUT2D eigenvalue weighted by Gasteiger charge is -2.16. The molecular weight excluding hydrogens is 320 g/mol. The highest BCUT2D eigenvalue weighted by Crippen LogP contribution is 2.39. The highest BCUT2D eigenvalue weighted by atomic mass is 16.5. The van der Waals surface area contributed by atoms with Crippen molar-refractivity contribution in [1.82, 2.24) is 5.32 Å². The van der Waals surface area contributed by atoms with Crippen LogP contribution < -0.4 is 24.8 Å². The lowest BCUT2D eigenvalue weighted by atomic mass is 10.1. The summed E-state index contributed by atoms with van der Waals surface area (Å²) in [6.07, 6.45) is 0. The average Bonchev–Trinajstić information content (AvgIpc) is 2.57. The van der Waals surface area contributed by atoms with Gasteiger partial charge in [-0.1, -0.05) is 6.07 Å². The first kappa shape index (κ1) is 18.4. The van der Waals surface area contributed by atoms with Gasteiger partial charge >= 0.3 is 6.03 Å². The summed E-state index contributed by atoms with van der Waals surface area (Å²) in [6.45, 7) is 4.27. The maximum atomic E-state index is 12.2. The van der Waals surface area contributed by atoms with Crippen LogP contribution in [0.5, 0.6) is 17.2 Å². The van der Waals surface area contributed by atoms with Gasteiger partial charge in [-0.15, -0.1) is 0 Å². The van der Waals surface area contributed by atoms with Gasteiger partial charge in [-0.05, 0) is 49.2 Å². The van der Waals surface area contributed by atoms with E-state index in [2.05, 4.69) is 16.7 Å². The minimum absolute atomic E-state index is 0.290. The van der Waals surface area contributed by atoms with Crippen molar-refractivity contribution in [3.63, 3.8) is 0 Å². The molecule has 0 saturated heterocycles. The van der Waals surface area contributed by atoms with Crippen LogP contribution in [0.2, 0.25) is 0 Å². The van der Waals surface area contributed by atoms with Crippen LogP contribution in [0.15, 0.2) is 30.3 Å². The van der Waals surface area contributed by atoms with E-state index in [9.17, 15) is 4.79 Å². The molecule has 0 radical (unpaired) electrons. The molecule has 0 fully saturated rings. The predicted octanol–water partition coefficient (Wildman–Crippen LogP) is 3.65. The van der Waals surface area contributed by atoms with Crippen molar-refractivity contribution in [3.8, 4) is 17.2 Å². The third-order valence-electron chi connectivity index (χ3n) is 3.70. The van der Waals surface area contributed by atoms with Crippen LogP contribution in [0.1, 0.15) is 16.7 Å². The molecule has 0 heterocycles. The molecule has 2 amide bonds. The van der Waals surface area contributed by atoms with Crippen LogP contribution >= 0.6 is 0 Å². The summed E-state index contributed by atoms with van der Waals surface area (Å²) < 4.78 is 16.0. The number of amides is 2. The molecule has 134 valence electrons. The maximum Gasteiger partial charge on any atom is 0.319 e. The largest absolute Gasteiger partial charge is 0.493 e. The van der Waals surface area contributed by atoms with Gasteiger partial charge in [-0.25, -0.2) is 4.79 Å². The molecule has 2 rings (SSSR count). The first-order chi connectivity index (χ1) is 12.0. The Morgan fingerprint density at radius 2 is 1.56 bits per heavy atom. The molecule has 2 N–H and O–H groups in total. The van der Waals surface area contributed by atoms with Crippen molar-refractivity contribution in [1.29, 1.82) is 0 Å². The maximum absolute atomic E-state index is 12.2. The van der Waals surface area contributed by atoms with Crippen molar-refractivity contribution in [2.24, 2.45) is 0 Å². The van der Waals surface area contributed by atoms with Crippen LogP contribution in [0.4, 0.5) is 10.5 Å². The average molecular weight is 344 g/mol. The van der Waals surface area contributed by atoms with E-state index in [-0.39, 0.29) is 6.03 Å². The van der Waals surface area contributed by atoms with Gasteiger partial charge in [-0.3, -0.25) is 0 Å². The Balaban J connectivity index is 2.09. The molecule has 0 bridgehead atoms. The van der Waals surface area contributed by atoms with Crippen molar-refractivity contribution in [3.05, 3.63) is 47.0 Å². The fraction of sp³-hybridized carbons (Fsp3) is 0.316. The van der Waals surface area contributed by atoms with Gasteiger partial charge in [-0.2, -0.15) is 0 Å². The number of carbonyl (C=O) groups excluding carboxylic acids is 1. The third kappa shape index (κ3) is 4.56. The topological polar surface area (TPSA) is 68.8 Å². The lowest BCUT2D eigenvalue weighted by Crippen LogP contribution is -2.28. The number of nitrogens with one attached hydrogen (secondary N) is 2. The van der Waals surface area contributed by atoms with Gasteiger partial charge < -0.3 is 24.8 Å². The summed E-state index contributed by atoms with van der Waals surface area (Å²) in [5, 5.41) is 5.66. The third-order valence-corrected chi connectivity index (χ3v) is 3.70. The minimum Gasteiger partial charge on any atom is -0.493 e. The number of methoxy groups -OCH3 is 3. The molecule has 0 atom stereocenters. The summed E-state index contributed by atoms with van der Waals surface area (Å²) in [6, 6.07) is 9.21. The van der Waals surface area contributed by atoms with Gasteiger partial charge in [0.15, 0.2) is 11.5 Å². The van der Waals surface area contributed by atoms with Crippen molar-refractivity contribution < 1.29 is 19.0 Å². The lowest BCUT2D eigenvalue weighted by molar-refractivity contribution is 0.251. The second-order valence-corrected chi connectivity index (χ2v) is 5.68. The van der Waals surface area contributed by atoms with Gasteiger partial charge in [0.2, 0.25) is 5.75 Å². The highest BCUT2D eigenvalue weighted by molar-refractivity contribution is 5.89. The molecule has 2 aromatic carbocycles. The first-order valence-corrected chi connectivity index (χ1v) is 7.89. The van der Waals surface area contributed by atoms with E-state index in [0.717, 1.165) is 22.4 Å². The Bertz CT molecular complexity index is 739. The van der Waals surface area contributed by atoms with E-state index in [0.29, 0.717) is 23.8 Å². The molecule has 6 nitrogen and oxygen atoms in total. The van der Waals surface area contributed by atoms with Gasteiger partial charge in [0.25, 0.3) is 0 Å². The molecule has 6 heteroatoms. The summed E-state index contributed by atoms with van der Waals surface area (Å²) >= 11 is 0. The van der Waals surface area contributed by atoms with E-state index in [1.165, 1.54) is 0 Å². The van der Waals surface area contributed by atoms with Crippen LogP contribution in [-0.2, 0) is 6.54 Å². The molecular formula is C19H24N2O4.